The average Bonchev–Trinajstić information content (AvgIpc) is 3.08. The van der Waals surface area contributed by atoms with E-state index in [-0.39, 0.29) is 30.2 Å². The third-order valence-corrected chi connectivity index (χ3v) is 6.55. The number of rotatable bonds is 4. The lowest BCUT2D eigenvalue weighted by Gasteiger charge is -2.34. The highest BCUT2D eigenvalue weighted by Crippen LogP contribution is 2.23. The number of hydrogen-bond donors (Lipinski definition) is 1. The molecule has 2 saturated heterocycles. The molecular formula is C27H35N5O6. The van der Waals surface area contributed by atoms with Crippen molar-refractivity contribution in [2.24, 2.45) is 7.05 Å². The average molecular weight is 526 g/mol. The van der Waals surface area contributed by atoms with Gasteiger partial charge in [-0.15, -0.1) is 0 Å². The first-order valence-corrected chi connectivity index (χ1v) is 12.7. The summed E-state index contributed by atoms with van der Waals surface area (Å²) >= 11 is 0. The van der Waals surface area contributed by atoms with Gasteiger partial charge >= 0.3 is 11.8 Å². The minimum Gasteiger partial charge on any atom is -0.444 e. The number of aromatic nitrogens is 2. The molecule has 3 amide bonds. The van der Waals surface area contributed by atoms with Crippen molar-refractivity contribution in [3.63, 3.8) is 0 Å². The number of imide groups is 1. The van der Waals surface area contributed by atoms with Crippen LogP contribution in [0.15, 0.2) is 23.0 Å². The van der Waals surface area contributed by atoms with Gasteiger partial charge in [0.15, 0.2) is 0 Å². The van der Waals surface area contributed by atoms with Gasteiger partial charge in [0.2, 0.25) is 11.8 Å². The Balaban J connectivity index is 1.41. The lowest BCUT2D eigenvalue weighted by atomic mass is 10.1. The van der Waals surface area contributed by atoms with Gasteiger partial charge in [0, 0.05) is 39.2 Å². The molecule has 4 rings (SSSR count). The largest absolute Gasteiger partial charge is 0.444 e. The molecule has 1 unspecified atom stereocenters. The number of nitrogens with one attached hydrogen (secondary N) is 1. The molecule has 0 spiro atoms. The van der Waals surface area contributed by atoms with Crippen molar-refractivity contribution in [1.29, 1.82) is 0 Å². The van der Waals surface area contributed by atoms with E-state index in [9.17, 15) is 19.2 Å². The zero-order chi connectivity index (χ0) is 27.6. The van der Waals surface area contributed by atoms with Gasteiger partial charge in [0.25, 0.3) is 0 Å². The van der Waals surface area contributed by atoms with Crippen LogP contribution in [-0.2, 0) is 26.1 Å². The summed E-state index contributed by atoms with van der Waals surface area (Å²) in [6.45, 7) is 8.40. The van der Waals surface area contributed by atoms with Gasteiger partial charge in [-0.05, 0) is 45.4 Å². The van der Waals surface area contributed by atoms with Gasteiger partial charge in [-0.3, -0.25) is 28.9 Å². The maximum atomic E-state index is 12.9. The Morgan fingerprint density at radius 1 is 1.24 bits per heavy atom. The van der Waals surface area contributed by atoms with E-state index in [2.05, 4.69) is 22.1 Å². The Labute approximate surface area is 221 Å². The second-order valence-electron chi connectivity index (χ2n) is 10.8. The molecule has 11 heteroatoms. The van der Waals surface area contributed by atoms with Crippen LogP contribution in [0.25, 0.3) is 11.0 Å². The molecular weight excluding hydrogens is 490 g/mol. The fraction of sp³-hybridized carbons (Fsp3) is 0.556. The summed E-state index contributed by atoms with van der Waals surface area (Å²) in [5.41, 5.74) is 1.19. The van der Waals surface area contributed by atoms with Crippen molar-refractivity contribution in [3.05, 3.63) is 34.2 Å². The predicted molar refractivity (Wildman–Crippen MR) is 141 cm³/mol. The van der Waals surface area contributed by atoms with Crippen LogP contribution in [0.5, 0.6) is 0 Å². The lowest BCUT2D eigenvalue weighted by molar-refractivity contribution is -0.135. The molecule has 1 N–H and O–H groups in total. The molecule has 1 aromatic heterocycles. The van der Waals surface area contributed by atoms with Gasteiger partial charge in [-0.1, -0.05) is 11.8 Å². The molecule has 0 radical (unpaired) electrons. The van der Waals surface area contributed by atoms with Crippen LogP contribution < -0.4 is 11.0 Å². The number of nitrogens with zero attached hydrogens (tertiary/aromatic N) is 4. The maximum absolute atomic E-state index is 12.9. The molecule has 38 heavy (non-hydrogen) atoms. The highest BCUT2D eigenvalue weighted by atomic mass is 16.6. The number of likely N-dealkylation sites (N-methyl/N-ethyl adjacent to an activating group) is 1. The molecule has 2 fully saturated rings. The summed E-state index contributed by atoms with van der Waals surface area (Å²) in [6.07, 6.45) is -0.0304. The molecule has 204 valence electrons. The number of imidazole rings is 1. The first-order valence-electron chi connectivity index (χ1n) is 12.7. The Bertz CT molecular complexity index is 1360. The van der Waals surface area contributed by atoms with Gasteiger partial charge in [-0.2, -0.15) is 0 Å². The summed E-state index contributed by atoms with van der Waals surface area (Å²) < 4.78 is 14.2. The van der Waals surface area contributed by atoms with Crippen molar-refractivity contribution >= 4 is 28.9 Å². The summed E-state index contributed by atoms with van der Waals surface area (Å²) in [6, 6.07) is 4.74. The Kier molecular flexibility index (Phi) is 7.94. The zero-order valence-electron chi connectivity index (χ0n) is 22.6. The number of hydrogen-bond acceptors (Lipinski definition) is 7. The van der Waals surface area contributed by atoms with Crippen LogP contribution in [0.1, 0.15) is 45.2 Å². The van der Waals surface area contributed by atoms with Crippen molar-refractivity contribution in [3.8, 4) is 11.8 Å². The van der Waals surface area contributed by atoms with Crippen LogP contribution in [-0.4, -0.2) is 88.4 Å². The van der Waals surface area contributed by atoms with Crippen molar-refractivity contribution in [2.45, 2.75) is 51.4 Å². The number of carbonyl (C=O) groups is 3. The van der Waals surface area contributed by atoms with Crippen LogP contribution in [0.2, 0.25) is 0 Å². The third kappa shape index (κ3) is 6.26. The molecule has 3 heterocycles. The second kappa shape index (κ2) is 11.0. The summed E-state index contributed by atoms with van der Waals surface area (Å²) in [5.74, 6) is 5.59. The number of morpholine rings is 1. The topological polar surface area (TPSA) is 115 Å². The monoisotopic (exact) mass is 525 g/mol. The van der Waals surface area contributed by atoms with Crippen molar-refractivity contribution in [2.75, 3.05) is 39.8 Å². The van der Waals surface area contributed by atoms with E-state index < -0.39 is 17.6 Å². The molecule has 2 aromatic rings. The normalized spacial score (nSPS) is 20.6. The Morgan fingerprint density at radius 2 is 2.00 bits per heavy atom. The van der Waals surface area contributed by atoms with Crippen molar-refractivity contribution in [1.82, 2.24) is 24.3 Å². The molecule has 11 nitrogen and oxygen atoms in total. The minimum absolute atomic E-state index is 0.138. The molecule has 0 saturated carbocycles. The highest BCUT2D eigenvalue weighted by Gasteiger charge is 2.31. The number of aryl methyl sites for hydroxylation is 1. The van der Waals surface area contributed by atoms with E-state index in [0.717, 1.165) is 12.1 Å². The number of amides is 3. The van der Waals surface area contributed by atoms with Crippen LogP contribution in [0.3, 0.4) is 0 Å². The fourth-order valence-corrected chi connectivity index (χ4v) is 4.68. The van der Waals surface area contributed by atoms with E-state index >= 15 is 0 Å². The maximum Gasteiger partial charge on any atom is 0.410 e. The molecule has 0 bridgehead atoms. The Morgan fingerprint density at radius 3 is 2.71 bits per heavy atom. The standard InChI is InChI=1S/C27H35N5O6/c1-27(2,3)38-26(36)29(4)16-19-17-31(13-14-37-19)12-6-7-18-8-9-20-22(15-18)30(5)25(35)32(20)21-10-11-23(33)28-24(21)34/h8-9,15,19,21H,10-14,16-17H2,1-5H3,(H,28,33,34)/t19-,21?/m1/s1. The fourth-order valence-electron chi connectivity index (χ4n) is 4.68. The van der Waals surface area contributed by atoms with E-state index in [1.165, 1.54) is 14.0 Å². The van der Waals surface area contributed by atoms with E-state index in [1.807, 2.05) is 32.9 Å². The molecule has 0 aliphatic carbocycles. The number of benzene rings is 1. The molecule has 1 aromatic carbocycles. The highest BCUT2D eigenvalue weighted by molar-refractivity contribution is 6.00. The number of ether oxygens (including phenoxy) is 2. The summed E-state index contributed by atoms with van der Waals surface area (Å²) in [4.78, 5) is 52.8. The van der Waals surface area contributed by atoms with Gasteiger partial charge in [0.1, 0.15) is 11.6 Å². The van der Waals surface area contributed by atoms with E-state index in [4.69, 9.17) is 9.47 Å². The molecule has 2 atom stereocenters. The van der Waals surface area contributed by atoms with E-state index in [0.29, 0.717) is 43.7 Å². The first-order chi connectivity index (χ1) is 17.9. The zero-order valence-corrected chi connectivity index (χ0v) is 22.6. The van der Waals surface area contributed by atoms with Crippen LogP contribution >= 0.6 is 0 Å². The predicted octanol–water partition coefficient (Wildman–Crippen LogP) is 1.24. The smallest absolute Gasteiger partial charge is 0.410 e. The van der Waals surface area contributed by atoms with Gasteiger partial charge in [0.05, 0.1) is 36.8 Å². The summed E-state index contributed by atoms with van der Waals surface area (Å²) in [5, 5.41) is 2.32. The number of fused-ring (bicyclic) bond motifs is 1. The van der Waals surface area contributed by atoms with E-state index in [1.54, 1.807) is 20.2 Å². The number of carbonyl (C=O) groups excluding carboxylic acids is 3. The summed E-state index contributed by atoms with van der Waals surface area (Å²) in [7, 11) is 3.36. The second-order valence-corrected chi connectivity index (χ2v) is 10.8. The molecule has 2 aliphatic heterocycles. The number of piperidine rings is 1. The SMILES string of the molecule is CN(C[C@@H]1CN(CC#Cc2ccc3c(c2)n(C)c(=O)n3C2CCC(=O)NC2=O)CCO1)C(=O)OC(C)(C)C. The van der Waals surface area contributed by atoms with Gasteiger partial charge in [-0.25, -0.2) is 9.59 Å². The third-order valence-electron chi connectivity index (χ3n) is 6.55. The van der Waals surface area contributed by atoms with Crippen LogP contribution in [0, 0.1) is 11.8 Å². The van der Waals surface area contributed by atoms with Crippen molar-refractivity contribution < 1.29 is 23.9 Å². The Hall–Kier alpha value is -3.62. The van der Waals surface area contributed by atoms with Crippen LogP contribution in [0.4, 0.5) is 4.79 Å². The lowest BCUT2D eigenvalue weighted by Crippen LogP contribution is -2.48. The molecule has 2 aliphatic rings. The quantitative estimate of drug-likeness (QED) is 0.472. The van der Waals surface area contributed by atoms with Gasteiger partial charge < -0.3 is 14.4 Å². The first kappa shape index (κ1) is 27.4. The minimum atomic E-state index is -0.718.